The first-order valence-corrected chi connectivity index (χ1v) is 16.5. The van der Waals surface area contributed by atoms with Crippen molar-refractivity contribution in [3.05, 3.63) is 83.9 Å². The van der Waals surface area contributed by atoms with Crippen LogP contribution in [0.25, 0.3) is 0 Å². The van der Waals surface area contributed by atoms with E-state index in [4.69, 9.17) is 14.2 Å². The molecule has 1 aliphatic rings. The molecule has 4 rings (SSSR count). The van der Waals surface area contributed by atoms with Crippen LogP contribution in [0.3, 0.4) is 0 Å². The third kappa shape index (κ3) is 8.89. The molecule has 0 unspecified atom stereocenters. The molecule has 0 aromatic heterocycles. The minimum Gasteiger partial charge on any atom is -0.497 e. The minimum absolute atomic E-state index is 0.0310. The van der Waals surface area contributed by atoms with E-state index in [2.05, 4.69) is 5.32 Å². The SMILES string of the molecule is COc1cccc(CN(C(=O)CCCN(c2ccc3c(c2)OCO3)S(C)(=O)=O)[C@H](Cc2ccccc2)C(=O)NCC(C)C)c1. The molecular weight excluding hydrogens is 582 g/mol. The monoisotopic (exact) mass is 623 g/mol. The maximum atomic E-state index is 14.0. The number of carbonyl (C=O) groups excluding carboxylic acids is 2. The van der Waals surface area contributed by atoms with Gasteiger partial charge in [-0.25, -0.2) is 8.42 Å². The summed E-state index contributed by atoms with van der Waals surface area (Å²) in [5.41, 5.74) is 2.16. The Kier molecular flexibility index (Phi) is 11.1. The van der Waals surface area contributed by atoms with Crippen LogP contribution in [0.1, 0.15) is 37.8 Å². The molecule has 2 amide bonds. The van der Waals surface area contributed by atoms with Crippen molar-refractivity contribution >= 4 is 27.5 Å². The van der Waals surface area contributed by atoms with Gasteiger partial charge in [0.25, 0.3) is 0 Å². The summed E-state index contributed by atoms with van der Waals surface area (Å²) < 4.78 is 43.0. The minimum atomic E-state index is -3.66. The Balaban J connectivity index is 1.58. The van der Waals surface area contributed by atoms with Crippen LogP contribution >= 0.6 is 0 Å². The zero-order chi connectivity index (χ0) is 31.7. The highest BCUT2D eigenvalue weighted by atomic mass is 32.2. The van der Waals surface area contributed by atoms with Gasteiger partial charge in [-0.1, -0.05) is 56.3 Å². The third-order valence-electron chi connectivity index (χ3n) is 7.24. The summed E-state index contributed by atoms with van der Waals surface area (Å²) >= 11 is 0. The van der Waals surface area contributed by atoms with Crippen LogP contribution in [0, 0.1) is 5.92 Å². The van der Waals surface area contributed by atoms with Gasteiger partial charge in [0.2, 0.25) is 28.6 Å². The summed E-state index contributed by atoms with van der Waals surface area (Å²) in [6, 6.07) is 21.1. The molecule has 1 aliphatic heterocycles. The second-order valence-electron chi connectivity index (χ2n) is 11.2. The lowest BCUT2D eigenvalue weighted by atomic mass is 10.0. The number of carbonyl (C=O) groups is 2. The first kappa shape index (κ1) is 32.7. The van der Waals surface area contributed by atoms with Crippen molar-refractivity contribution in [1.82, 2.24) is 10.2 Å². The number of fused-ring (bicyclic) bond motifs is 1. The molecule has 0 fully saturated rings. The molecule has 0 spiro atoms. The molecule has 11 heteroatoms. The highest BCUT2D eigenvalue weighted by molar-refractivity contribution is 7.92. The van der Waals surface area contributed by atoms with Crippen molar-refractivity contribution in [2.75, 3.05) is 37.6 Å². The van der Waals surface area contributed by atoms with Crippen molar-refractivity contribution in [2.24, 2.45) is 5.92 Å². The molecule has 0 aliphatic carbocycles. The summed E-state index contributed by atoms with van der Waals surface area (Å²) in [6.07, 6.45) is 1.72. The molecule has 1 heterocycles. The van der Waals surface area contributed by atoms with E-state index in [1.54, 1.807) is 30.2 Å². The van der Waals surface area contributed by atoms with Gasteiger partial charge in [-0.3, -0.25) is 13.9 Å². The molecule has 3 aromatic carbocycles. The van der Waals surface area contributed by atoms with Crippen molar-refractivity contribution in [2.45, 2.75) is 45.7 Å². The smallest absolute Gasteiger partial charge is 0.243 e. The van der Waals surface area contributed by atoms with Crippen molar-refractivity contribution < 1.29 is 32.2 Å². The van der Waals surface area contributed by atoms with Crippen LogP contribution in [0.15, 0.2) is 72.8 Å². The molecular formula is C33H41N3O7S. The van der Waals surface area contributed by atoms with Gasteiger partial charge in [0, 0.05) is 38.5 Å². The van der Waals surface area contributed by atoms with Gasteiger partial charge < -0.3 is 24.4 Å². The number of ether oxygens (including phenoxy) is 3. The Morgan fingerprint density at radius 2 is 1.68 bits per heavy atom. The summed E-state index contributed by atoms with van der Waals surface area (Å²) in [6.45, 7) is 4.83. The Labute approximate surface area is 260 Å². The van der Waals surface area contributed by atoms with Crippen LogP contribution < -0.4 is 23.8 Å². The molecule has 0 saturated heterocycles. The van der Waals surface area contributed by atoms with Crippen LogP contribution in [0.4, 0.5) is 5.69 Å². The van der Waals surface area contributed by atoms with E-state index < -0.39 is 16.1 Å². The van der Waals surface area contributed by atoms with Gasteiger partial charge >= 0.3 is 0 Å². The van der Waals surface area contributed by atoms with Gasteiger partial charge in [-0.05, 0) is 47.7 Å². The van der Waals surface area contributed by atoms with Crippen molar-refractivity contribution in [3.63, 3.8) is 0 Å². The average Bonchev–Trinajstić information content (AvgIpc) is 3.48. The number of hydrogen-bond acceptors (Lipinski definition) is 7. The largest absolute Gasteiger partial charge is 0.497 e. The number of benzene rings is 3. The van der Waals surface area contributed by atoms with E-state index in [9.17, 15) is 18.0 Å². The standard InChI is InChI=1S/C33H41N3O7S/c1-24(2)21-34-33(38)29(19-25-10-6-5-7-11-25)35(22-26-12-8-13-28(18-26)41-3)32(37)14-9-17-36(44(4,39)40)27-15-16-30-31(20-27)43-23-42-30/h5-8,10-13,15-16,18,20,24,29H,9,14,17,19,21-23H2,1-4H3,(H,34,38)/t29-/m1/s1. The Hall–Kier alpha value is -4.25. The molecule has 1 N–H and O–H groups in total. The molecule has 0 bridgehead atoms. The zero-order valence-corrected chi connectivity index (χ0v) is 26.5. The number of rotatable bonds is 15. The summed E-state index contributed by atoms with van der Waals surface area (Å²) in [4.78, 5) is 29.3. The third-order valence-corrected chi connectivity index (χ3v) is 8.43. The highest BCUT2D eigenvalue weighted by Crippen LogP contribution is 2.36. The lowest BCUT2D eigenvalue weighted by molar-refractivity contribution is -0.141. The fourth-order valence-corrected chi connectivity index (χ4v) is 5.95. The highest BCUT2D eigenvalue weighted by Gasteiger charge is 2.31. The Bertz CT molecular complexity index is 1530. The fraction of sp³-hybridized carbons (Fsp3) is 0.394. The number of methoxy groups -OCH3 is 1. The Morgan fingerprint density at radius 3 is 2.39 bits per heavy atom. The Morgan fingerprint density at radius 1 is 0.955 bits per heavy atom. The van der Waals surface area contributed by atoms with Gasteiger partial charge in [0.05, 0.1) is 19.1 Å². The molecule has 0 radical (unpaired) electrons. The topological polar surface area (TPSA) is 114 Å². The predicted octanol–water partition coefficient (Wildman–Crippen LogP) is 4.38. The number of hydrogen-bond donors (Lipinski definition) is 1. The van der Waals surface area contributed by atoms with Crippen LogP contribution in [-0.2, 0) is 32.6 Å². The molecule has 236 valence electrons. The van der Waals surface area contributed by atoms with E-state index in [1.165, 1.54) is 4.31 Å². The number of nitrogens with one attached hydrogen (secondary N) is 1. The average molecular weight is 624 g/mol. The number of amides is 2. The van der Waals surface area contributed by atoms with Crippen molar-refractivity contribution in [1.29, 1.82) is 0 Å². The lowest BCUT2D eigenvalue weighted by Crippen LogP contribution is -2.51. The van der Waals surface area contributed by atoms with E-state index in [0.29, 0.717) is 35.9 Å². The number of anilines is 1. The molecule has 10 nitrogen and oxygen atoms in total. The predicted molar refractivity (Wildman–Crippen MR) is 169 cm³/mol. The van der Waals surface area contributed by atoms with Gasteiger partial charge in [-0.2, -0.15) is 0 Å². The van der Waals surface area contributed by atoms with Gasteiger partial charge in [-0.15, -0.1) is 0 Å². The second kappa shape index (κ2) is 15.0. The first-order valence-electron chi connectivity index (χ1n) is 14.7. The summed E-state index contributed by atoms with van der Waals surface area (Å²) in [5, 5.41) is 3.02. The molecule has 44 heavy (non-hydrogen) atoms. The maximum absolute atomic E-state index is 14.0. The second-order valence-corrected chi connectivity index (χ2v) is 13.1. The summed E-state index contributed by atoms with van der Waals surface area (Å²) in [7, 11) is -2.09. The lowest BCUT2D eigenvalue weighted by Gasteiger charge is -2.32. The number of nitrogens with zero attached hydrogens (tertiary/aromatic N) is 2. The van der Waals surface area contributed by atoms with Crippen LogP contribution in [0.5, 0.6) is 17.2 Å². The van der Waals surface area contributed by atoms with Crippen LogP contribution in [0.2, 0.25) is 0 Å². The van der Waals surface area contributed by atoms with E-state index in [-0.39, 0.29) is 50.5 Å². The molecule has 1 atom stereocenters. The normalized spacial score (nSPS) is 12.9. The maximum Gasteiger partial charge on any atom is 0.243 e. The van der Waals surface area contributed by atoms with E-state index in [1.807, 2.05) is 68.4 Å². The first-order chi connectivity index (χ1) is 21.0. The van der Waals surface area contributed by atoms with E-state index in [0.717, 1.165) is 17.4 Å². The summed E-state index contributed by atoms with van der Waals surface area (Å²) in [5.74, 6) is 1.39. The van der Waals surface area contributed by atoms with Gasteiger partial charge in [0.1, 0.15) is 11.8 Å². The molecule has 0 saturated carbocycles. The fourth-order valence-electron chi connectivity index (χ4n) is 4.99. The van der Waals surface area contributed by atoms with Gasteiger partial charge in [0.15, 0.2) is 11.5 Å². The van der Waals surface area contributed by atoms with E-state index >= 15 is 0 Å². The quantitative estimate of drug-likeness (QED) is 0.267. The van der Waals surface area contributed by atoms with Crippen LogP contribution in [-0.4, -0.2) is 64.4 Å². The van der Waals surface area contributed by atoms with Crippen molar-refractivity contribution in [3.8, 4) is 17.2 Å². The number of sulfonamides is 1. The zero-order valence-electron chi connectivity index (χ0n) is 25.7. The molecule has 3 aromatic rings.